The topological polar surface area (TPSA) is 55.1 Å². The summed E-state index contributed by atoms with van der Waals surface area (Å²) < 4.78 is 17.8. The number of amides is 1. The summed E-state index contributed by atoms with van der Waals surface area (Å²) in [6, 6.07) is 5.66. The number of rotatable bonds is 2. The third-order valence-electron chi connectivity index (χ3n) is 2.45. The normalized spacial score (nSPS) is 10.3. The molecule has 0 aliphatic carbocycles. The van der Waals surface area contributed by atoms with Crippen molar-refractivity contribution in [3.8, 4) is 0 Å². The maximum absolute atomic E-state index is 12.9. The third kappa shape index (κ3) is 2.33. The van der Waals surface area contributed by atoms with Crippen molar-refractivity contribution in [2.24, 2.45) is 0 Å². The van der Waals surface area contributed by atoms with E-state index < -0.39 is 11.7 Å². The van der Waals surface area contributed by atoms with Gasteiger partial charge in [-0.05, 0) is 32.0 Å². The van der Waals surface area contributed by atoms with E-state index >= 15 is 0 Å². The van der Waals surface area contributed by atoms with Crippen molar-refractivity contribution < 1.29 is 13.7 Å². The van der Waals surface area contributed by atoms with Gasteiger partial charge in [-0.15, -0.1) is 0 Å². The SMILES string of the molecule is Cc1onc(C(=O)Nc2cccc(F)c2)c1C. The summed E-state index contributed by atoms with van der Waals surface area (Å²) in [6.45, 7) is 3.47. The summed E-state index contributed by atoms with van der Waals surface area (Å²) in [5.74, 6) is -0.227. The van der Waals surface area contributed by atoms with Crippen LogP contribution in [0.25, 0.3) is 0 Å². The number of anilines is 1. The van der Waals surface area contributed by atoms with E-state index in [2.05, 4.69) is 10.5 Å². The molecular formula is C12H11FN2O2. The van der Waals surface area contributed by atoms with Crippen molar-refractivity contribution in [1.29, 1.82) is 0 Å². The average Bonchev–Trinajstić information content (AvgIpc) is 2.60. The van der Waals surface area contributed by atoms with Crippen LogP contribution in [0.1, 0.15) is 21.8 Å². The van der Waals surface area contributed by atoms with Crippen molar-refractivity contribution in [3.05, 3.63) is 47.1 Å². The average molecular weight is 234 g/mol. The summed E-state index contributed by atoms with van der Waals surface area (Å²) in [7, 11) is 0. The molecule has 17 heavy (non-hydrogen) atoms. The van der Waals surface area contributed by atoms with E-state index in [0.29, 0.717) is 17.0 Å². The number of benzene rings is 1. The molecular weight excluding hydrogens is 223 g/mol. The molecule has 0 atom stereocenters. The van der Waals surface area contributed by atoms with Gasteiger partial charge in [0.15, 0.2) is 5.69 Å². The fourth-order valence-corrected chi connectivity index (χ4v) is 1.39. The first kappa shape index (κ1) is 11.3. The highest BCUT2D eigenvalue weighted by atomic mass is 19.1. The zero-order valence-corrected chi connectivity index (χ0v) is 9.45. The maximum Gasteiger partial charge on any atom is 0.278 e. The predicted octanol–water partition coefficient (Wildman–Crippen LogP) is 2.68. The molecule has 0 saturated carbocycles. The van der Waals surface area contributed by atoms with Crippen LogP contribution in [0.15, 0.2) is 28.8 Å². The van der Waals surface area contributed by atoms with Crippen LogP contribution in [0.4, 0.5) is 10.1 Å². The highest BCUT2D eigenvalue weighted by molar-refractivity contribution is 6.03. The van der Waals surface area contributed by atoms with Crippen LogP contribution >= 0.6 is 0 Å². The lowest BCUT2D eigenvalue weighted by Crippen LogP contribution is -2.13. The second kappa shape index (κ2) is 4.37. The second-order valence-electron chi connectivity index (χ2n) is 3.68. The lowest BCUT2D eigenvalue weighted by molar-refractivity contribution is 0.101. The van der Waals surface area contributed by atoms with E-state index in [1.807, 2.05) is 0 Å². The Morgan fingerprint density at radius 2 is 2.18 bits per heavy atom. The van der Waals surface area contributed by atoms with Crippen LogP contribution in [0.3, 0.4) is 0 Å². The number of nitrogens with zero attached hydrogens (tertiary/aromatic N) is 1. The van der Waals surface area contributed by atoms with E-state index in [1.54, 1.807) is 19.9 Å². The van der Waals surface area contributed by atoms with Gasteiger partial charge in [-0.25, -0.2) is 4.39 Å². The summed E-state index contributed by atoms with van der Waals surface area (Å²) in [5.41, 5.74) is 1.28. The number of nitrogens with one attached hydrogen (secondary N) is 1. The van der Waals surface area contributed by atoms with Gasteiger partial charge in [-0.2, -0.15) is 0 Å². The molecule has 88 valence electrons. The summed E-state index contributed by atoms with van der Waals surface area (Å²) in [4.78, 5) is 11.8. The number of aromatic nitrogens is 1. The first-order valence-corrected chi connectivity index (χ1v) is 5.07. The number of carbonyl (C=O) groups is 1. The molecule has 0 aliphatic heterocycles. The monoisotopic (exact) mass is 234 g/mol. The lowest BCUT2D eigenvalue weighted by Gasteiger charge is -2.02. The van der Waals surface area contributed by atoms with Gasteiger partial charge in [0.2, 0.25) is 0 Å². The summed E-state index contributed by atoms with van der Waals surface area (Å²) >= 11 is 0. The van der Waals surface area contributed by atoms with Crippen LogP contribution in [-0.4, -0.2) is 11.1 Å². The van der Waals surface area contributed by atoms with Crippen molar-refractivity contribution in [3.63, 3.8) is 0 Å². The van der Waals surface area contributed by atoms with Crippen molar-refractivity contribution in [2.75, 3.05) is 5.32 Å². The van der Waals surface area contributed by atoms with Gasteiger partial charge < -0.3 is 9.84 Å². The Bertz CT molecular complexity index is 563. The third-order valence-corrected chi connectivity index (χ3v) is 2.45. The van der Waals surface area contributed by atoms with Gasteiger partial charge >= 0.3 is 0 Å². The molecule has 1 aromatic heterocycles. The molecule has 1 amide bonds. The molecule has 1 N–H and O–H groups in total. The fourth-order valence-electron chi connectivity index (χ4n) is 1.39. The largest absolute Gasteiger partial charge is 0.361 e. The molecule has 2 aromatic rings. The Labute approximate surface area is 97.4 Å². The zero-order valence-electron chi connectivity index (χ0n) is 9.45. The number of carbonyl (C=O) groups excluding carboxylic acids is 1. The standard InChI is InChI=1S/C12H11FN2O2/c1-7-8(2)17-15-11(7)12(16)14-10-5-3-4-9(13)6-10/h3-6H,1-2H3,(H,14,16). The molecule has 0 saturated heterocycles. The fraction of sp³-hybridized carbons (Fsp3) is 0.167. The molecule has 0 unspecified atom stereocenters. The Morgan fingerprint density at radius 3 is 2.76 bits per heavy atom. The van der Waals surface area contributed by atoms with Gasteiger partial charge in [0.05, 0.1) is 0 Å². The molecule has 1 aromatic carbocycles. The number of hydrogen-bond donors (Lipinski definition) is 1. The van der Waals surface area contributed by atoms with Crippen LogP contribution in [0, 0.1) is 19.7 Å². The highest BCUT2D eigenvalue weighted by Crippen LogP contribution is 2.14. The van der Waals surface area contributed by atoms with Crippen molar-refractivity contribution in [2.45, 2.75) is 13.8 Å². The predicted molar refractivity (Wildman–Crippen MR) is 60.3 cm³/mol. The maximum atomic E-state index is 12.9. The first-order chi connectivity index (χ1) is 8.08. The first-order valence-electron chi connectivity index (χ1n) is 5.07. The number of aryl methyl sites for hydroxylation is 1. The number of hydrogen-bond acceptors (Lipinski definition) is 3. The van der Waals surface area contributed by atoms with Crippen LogP contribution in [-0.2, 0) is 0 Å². The van der Waals surface area contributed by atoms with Crippen LogP contribution < -0.4 is 5.32 Å². The van der Waals surface area contributed by atoms with E-state index in [-0.39, 0.29) is 5.69 Å². The van der Waals surface area contributed by atoms with Gasteiger partial charge in [-0.3, -0.25) is 4.79 Å². The minimum Gasteiger partial charge on any atom is -0.361 e. The van der Waals surface area contributed by atoms with Crippen LogP contribution in [0.2, 0.25) is 0 Å². The number of halogens is 1. The minimum atomic E-state index is -0.412. The zero-order chi connectivity index (χ0) is 12.4. The Kier molecular flexibility index (Phi) is 2.91. The highest BCUT2D eigenvalue weighted by Gasteiger charge is 2.16. The van der Waals surface area contributed by atoms with Gasteiger partial charge in [0.25, 0.3) is 5.91 Å². The van der Waals surface area contributed by atoms with Crippen LogP contribution in [0.5, 0.6) is 0 Å². The second-order valence-corrected chi connectivity index (χ2v) is 3.68. The quantitative estimate of drug-likeness (QED) is 0.869. The summed E-state index contributed by atoms with van der Waals surface area (Å²) in [5, 5.41) is 6.20. The van der Waals surface area contributed by atoms with E-state index in [4.69, 9.17) is 4.52 Å². The van der Waals surface area contributed by atoms with E-state index in [0.717, 1.165) is 0 Å². The molecule has 0 radical (unpaired) electrons. The smallest absolute Gasteiger partial charge is 0.278 e. The Balaban J connectivity index is 2.20. The Morgan fingerprint density at radius 1 is 1.41 bits per heavy atom. The van der Waals surface area contributed by atoms with E-state index in [1.165, 1.54) is 18.2 Å². The van der Waals surface area contributed by atoms with Gasteiger partial charge in [-0.1, -0.05) is 11.2 Å². The molecule has 5 heteroatoms. The lowest BCUT2D eigenvalue weighted by atomic mass is 10.2. The molecule has 0 fully saturated rings. The molecule has 1 heterocycles. The molecule has 0 bridgehead atoms. The van der Waals surface area contributed by atoms with Crippen molar-refractivity contribution >= 4 is 11.6 Å². The molecule has 4 nitrogen and oxygen atoms in total. The van der Waals surface area contributed by atoms with Crippen molar-refractivity contribution in [1.82, 2.24) is 5.16 Å². The molecule has 0 aliphatic rings. The Hall–Kier alpha value is -2.17. The van der Waals surface area contributed by atoms with Gasteiger partial charge in [0.1, 0.15) is 11.6 Å². The minimum absolute atomic E-state index is 0.215. The summed E-state index contributed by atoms with van der Waals surface area (Å²) in [6.07, 6.45) is 0. The van der Waals surface area contributed by atoms with Gasteiger partial charge in [0, 0.05) is 11.3 Å². The van der Waals surface area contributed by atoms with E-state index in [9.17, 15) is 9.18 Å². The molecule has 2 rings (SSSR count). The molecule has 0 spiro atoms.